The Bertz CT molecular complexity index is 985. The third-order valence-corrected chi connectivity index (χ3v) is 5.39. The molecule has 0 amide bonds. The molecule has 0 radical (unpaired) electrons. The molecule has 1 fully saturated rings. The Balaban J connectivity index is 1.57. The summed E-state index contributed by atoms with van der Waals surface area (Å²) >= 11 is 0. The zero-order chi connectivity index (χ0) is 20.4. The Kier molecular flexibility index (Phi) is 5.83. The van der Waals surface area contributed by atoms with Crippen LogP contribution in [0.15, 0.2) is 36.5 Å². The number of pyridine rings is 1. The van der Waals surface area contributed by atoms with Crippen LogP contribution < -0.4 is 4.74 Å². The van der Waals surface area contributed by atoms with E-state index >= 15 is 0 Å². The van der Waals surface area contributed by atoms with Gasteiger partial charge >= 0.3 is 0 Å². The van der Waals surface area contributed by atoms with Gasteiger partial charge < -0.3 is 14.8 Å². The molecule has 0 aliphatic carbocycles. The normalized spacial score (nSPS) is 17.5. The molecule has 0 saturated carbocycles. The first-order valence-corrected chi connectivity index (χ1v) is 10.3. The van der Waals surface area contributed by atoms with E-state index in [0.29, 0.717) is 29.5 Å². The monoisotopic (exact) mass is 397 g/mol. The standard InChI is InChI=1S/C23H28FN3O2/c1-15(2)14-29-21-8-16(6-18(24)10-21)22-9-17-7-19(26-23(17)11-25-22)12-27-5-3-4-20(27)13-28/h6-11,15,20,26,28H,3-5,12-14H2,1-2H3/t20-/m1/s1. The van der Waals surface area contributed by atoms with Crippen molar-refractivity contribution >= 4 is 10.9 Å². The number of hydrogen-bond donors (Lipinski definition) is 2. The molecule has 0 spiro atoms. The summed E-state index contributed by atoms with van der Waals surface area (Å²) in [5.74, 6) is 0.562. The highest BCUT2D eigenvalue weighted by Crippen LogP contribution is 2.28. The second kappa shape index (κ2) is 8.51. The molecule has 3 aromatic rings. The molecule has 4 rings (SSSR count). The fraction of sp³-hybridized carbons (Fsp3) is 0.435. The van der Waals surface area contributed by atoms with Crippen LogP contribution in [-0.4, -0.2) is 45.8 Å². The van der Waals surface area contributed by atoms with Crippen molar-refractivity contribution in [2.24, 2.45) is 5.92 Å². The van der Waals surface area contributed by atoms with Gasteiger partial charge in [0.15, 0.2) is 0 Å². The maximum Gasteiger partial charge on any atom is 0.127 e. The first-order valence-electron chi connectivity index (χ1n) is 10.3. The molecular weight excluding hydrogens is 369 g/mol. The van der Waals surface area contributed by atoms with Gasteiger partial charge in [0.2, 0.25) is 0 Å². The minimum atomic E-state index is -0.331. The number of H-pyrrole nitrogens is 1. The second-order valence-corrected chi connectivity index (χ2v) is 8.28. The SMILES string of the molecule is CC(C)COc1cc(F)cc(-c2cc3cc(CN4CCC[C@@H]4CO)[nH]c3cn2)c1. The van der Waals surface area contributed by atoms with Gasteiger partial charge in [0.25, 0.3) is 0 Å². The molecule has 0 unspecified atom stereocenters. The summed E-state index contributed by atoms with van der Waals surface area (Å²) in [6.45, 7) is 6.65. The lowest BCUT2D eigenvalue weighted by atomic mass is 10.1. The molecule has 5 nitrogen and oxygen atoms in total. The average Bonchev–Trinajstić information content (AvgIpc) is 3.31. The summed E-state index contributed by atoms with van der Waals surface area (Å²) in [6, 6.07) is 9.06. The highest BCUT2D eigenvalue weighted by atomic mass is 19.1. The number of hydrogen-bond acceptors (Lipinski definition) is 4. The Morgan fingerprint density at radius 3 is 2.93 bits per heavy atom. The number of fused-ring (bicyclic) bond motifs is 1. The molecule has 1 saturated heterocycles. The van der Waals surface area contributed by atoms with Crippen molar-refractivity contribution in [2.45, 2.75) is 39.3 Å². The number of aromatic amines is 1. The second-order valence-electron chi connectivity index (χ2n) is 8.28. The maximum absolute atomic E-state index is 14.1. The van der Waals surface area contributed by atoms with E-state index in [1.165, 1.54) is 12.1 Å². The molecule has 0 bridgehead atoms. The van der Waals surface area contributed by atoms with E-state index < -0.39 is 0 Å². The Hall–Kier alpha value is -2.44. The highest BCUT2D eigenvalue weighted by molar-refractivity contribution is 5.83. The molecule has 1 aliphatic rings. The third kappa shape index (κ3) is 4.60. The van der Waals surface area contributed by atoms with E-state index in [2.05, 4.69) is 34.8 Å². The number of aromatic nitrogens is 2. The summed E-state index contributed by atoms with van der Waals surface area (Å²) < 4.78 is 19.8. The number of aliphatic hydroxyl groups is 1. The fourth-order valence-electron chi connectivity index (χ4n) is 3.92. The van der Waals surface area contributed by atoms with Gasteiger partial charge in [0.05, 0.1) is 30.6 Å². The largest absolute Gasteiger partial charge is 0.493 e. The maximum atomic E-state index is 14.1. The molecule has 1 aromatic carbocycles. The van der Waals surface area contributed by atoms with Crippen molar-refractivity contribution in [1.29, 1.82) is 0 Å². The van der Waals surface area contributed by atoms with Gasteiger partial charge in [-0.3, -0.25) is 9.88 Å². The number of nitrogens with zero attached hydrogens (tertiary/aromatic N) is 2. The van der Waals surface area contributed by atoms with Crippen LogP contribution in [-0.2, 0) is 6.54 Å². The van der Waals surface area contributed by atoms with Gasteiger partial charge in [-0.05, 0) is 49.6 Å². The van der Waals surface area contributed by atoms with E-state index in [9.17, 15) is 9.50 Å². The van der Waals surface area contributed by atoms with Crippen molar-refractivity contribution in [3.05, 3.63) is 48.0 Å². The summed E-state index contributed by atoms with van der Waals surface area (Å²) in [5.41, 5.74) is 3.47. The van der Waals surface area contributed by atoms with Crippen LogP contribution in [0.5, 0.6) is 5.75 Å². The first kappa shape index (κ1) is 19.9. The van der Waals surface area contributed by atoms with E-state index in [0.717, 1.165) is 42.5 Å². The van der Waals surface area contributed by atoms with E-state index in [1.807, 2.05) is 12.1 Å². The number of aliphatic hydroxyl groups excluding tert-OH is 1. The average molecular weight is 397 g/mol. The van der Waals surface area contributed by atoms with Crippen molar-refractivity contribution in [3.63, 3.8) is 0 Å². The zero-order valence-corrected chi connectivity index (χ0v) is 17.0. The van der Waals surface area contributed by atoms with Gasteiger partial charge in [0.1, 0.15) is 11.6 Å². The van der Waals surface area contributed by atoms with E-state index in [-0.39, 0.29) is 18.5 Å². The van der Waals surface area contributed by atoms with Gasteiger partial charge in [-0.25, -0.2) is 4.39 Å². The van der Waals surface area contributed by atoms with Crippen LogP contribution in [0.3, 0.4) is 0 Å². The van der Waals surface area contributed by atoms with Crippen LogP contribution in [0.25, 0.3) is 22.2 Å². The van der Waals surface area contributed by atoms with Crippen molar-refractivity contribution in [1.82, 2.24) is 14.9 Å². The molecular formula is C23H28FN3O2. The van der Waals surface area contributed by atoms with Crippen molar-refractivity contribution in [3.8, 4) is 17.0 Å². The molecule has 3 heterocycles. The quantitative estimate of drug-likeness (QED) is 0.622. The number of rotatable bonds is 7. The van der Waals surface area contributed by atoms with Gasteiger partial charge in [-0.2, -0.15) is 0 Å². The van der Waals surface area contributed by atoms with Crippen LogP contribution in [0.1, 0.15) is 32.4 Å². The highest BCUT2D eigenvalue weighted by Gasteiger charge is 2.24. The molecule has 154 valence electrons. The predicted octanol–water partition coefficient (Wildman–Crippen LogP) is 4.36. The van der Waals surface area contributed by atoms with E-state index in [1.54, 1.807) is 6.20 Å². The lowest BCUT2D eigenvalue weighted by Gasteiger charge is -2.21. The summed E-state index contributed by atoms with van der Waals surface area (Å²) in [7, 11) is 0. The molecule has 2 aromatic heterocycles. The lowest BCUT2D eigenvalue weighted by Crippen LogP contribution is -2.31. The summed E-state index contributed by atoms with van der Waals surface area (Å²) in [4.78, 5) is 10.3. The van der Waals surface area contributed by atoms with Crippen molar-refractivity contribution in [2.75, 3.05) is 19.8 Å². The number of ether oxygens (including phenoxy) is 1. The molecule has 1 aliphatic heterocycles. The predicted molar refractivity (Wildman–Crippen MR) is 112 cm³/mol. The molecule has 6 heteroatoms. The van der Waals surface area contributed by atoms with Crippen LogP contribution in [0.4, 0.5) is 4.39 Å². The lowest BCUT2D eigenvalue weighted by molar-refractivity contribution is 0.152. The van der Waals surface area contributed by atoms with Crippen LogP contribution in [0, 0.1) is 11.7 Å². The van der Waals surface area contributed by atoms with Gasteiger partial charge in [-0.1, -0.05) is 13.8 Å². The number of benzene rings is 1. The number of halogens is 1. The fourth-order valence-corrected chi connectivity index (χ4v) is 3.92. The number of nitrogens with one attached hydrogen (secondary N) is 1. The number of likely N-dealkylation sites (tertiary alicyclic amines) is 1. The summed E-state index contributed by atoms with van der Waals surface area (Å²) in [6.07, 6.45) is 3.96. The minimum absolute atomic E-state index is 0.201. The molecule has 2 N–H and O–H groups in total. The minimum Gasteiger partial charge on any atom is -0.493 e. The summed E-state index contributed by atoms with van der Waals surface area (Å²) in [5, 5.41) is 10.6. The first-order chi connectivity index (χ1) is 14.0. The van der Waals surface area contributed by atoms with Crippen molar-refractivity contribution < 1.29 is 14.2 Å². The Morgan fingerprint density at radius 1 is 1.28 bits per heavy atom. The van der Waals surface area contributed by atoms with E-state index in [4.69, 9.17) is 4.74 Å². The van der Waals surface area contributed by atoms with Gasteiger partial charge in [0, 0.05) is 35.3 Å². The Labute approximate surface area is 170 Å². The molecule has 29 heavy (non-hydrogen) atoms. The Morgan fingerprint density at radius 2 is 2.14 bits per heavy atom. The molecule has 1 atom stereocenters. The van der Waals surface area contributed by atoms with Gasteiger partial charge in [-0.15, -0.1) is 0 Å². The van der Waals surface area contributed by atoms with Crippen LogP contribution in [0.2, 0.25) is 0 Å². The zero-order valence-electron chi connectivity index (χ0n) is 17.0. The topological polar surface area (TPSA) is 61.4 Å². The van der Waals surface area contributed by atoms with Crippen LogP contribution >= 0.6 is 0 Å². The smallest absolute Gasteiger partial charge is 0.127 e. The third-order valence-electron chi connectivity index (χ3n) is 5.39.